The van der Waals surface area contributed by atoms with Crippen LogP contribution in [0.3, 0.4) is 0 Å². The van der Waals surface area contributed by atoms with E-state index in [2.05, 4.69) is 10.6 Å². The molecule has 2 rings (SSSR count). The molecule has 1 saturated heterocycles. The molecular weight excluding hydrogens is 333 g/mol. The number of hydrogen-bond donors (Lipinski definition) is 2. The third-order valence-corrected chi connectivity index (χ3v) is 3.54. The molecule has 9 heteroatoms. The van der Waals surface area contributed by atoms with Crippen molar-refractivity contribution >= 4 is 29.5 Å². The van der Waals surface area contributed by atoms with Crippen molar-refractivity contribution in [2.75, 3.05) is 11.9 Å². The highest BCUT2D eigenvalue weighted by atomic mass is 19.1. The van der Waals surface area contributed by atoms with Crippen LogP contribution < -0.4 is 10.6 Å². The lowest BCUT2D eigenvalue weighted by atomic mass is 10.1. The van der Waals surface area contributed by atoms with Gasteiger partial charge in [-0.25, -0.2) is 9.18 Å². The van der Waals surface area contributed by atoms with Gasteiger partial charge >= 0.3 is 12.0 Å². The molecule has 1 aromatic carbocycles. The summed E-state index contributed by atoms with van der Waals surface area (Å²) >= 11 is 0. The summed E-state index contributed by atoms with van der Waals surface area (Å²) in [5.41, 5.74) is -1.16. The predicted molar refractivity (Wildman–Crippen MR) is 84.9 cm³/mol. The van der Waals surface area contributed by atoms with Crippen LogP contribution in [-0.4, -0.2) is 46.9 Å². The van der Waals surface area contributed by atoms with E-state index in [9.17, 15) is 23.6 Å². The quantitative estimate of drug-likeness (QED) is 0.609. The van der Waals surface area contributed by atoms with Crippen molar-refractivity contribution in [2.45, 2.75) is 32.4 Å². The van der Waals surface area contributed by atoms with Gasteiger partial charge in [0, 0.05) is 0 Å². The minimum atomic E-state index is -1.24. The molecule has 1 heterocycles. The first-order chi connectivity index (χ1) is 11.6. The summed E-state index contributed by atoms with van der Waals surface area (Å²) in [5, 5.41) is 4.71. The summed E-state index contributed by atoms with van der Waals surface area (Å²) in [4.78, 5) is 48.2. The maximum atomic E-state index is 13.5. The number of carbonyl (C=O) groups is 4. The summed E-state index contributed by atoms with van der Waals surface area (Å²) in [6.07, 6.45) is -1.24. The van der Waals surface area contributed by atoms with E-state index in [0.29, 0.717) is 4.90 Å². The Morgan fingerprint density at radius 3 is 2.52 bits per heavy atom. The Balaban J connectivity index is 1.92. The van der Waals surface area contributed by atoms with Crippen molar-refractivity contribution in [1.82, 2.24) is 10.2 Å². The number of ether oxygens (including phenoxy) is 1. The fraction of sp³-hybridized carbons (Fsp3) is 0.375. The number of halogens is 1. The van der Waals surface area contributed by atoms with E-state index in [0.717, 1.165) is 0 Å². The molecule has 8 nitrogen and oxygen atoms in total. The van der Waals surface area contributed by atoms with Gasteiger partial charge in [0.1, 0.15) is 17.9 Å². The van der Waals surface area contributed by atoms with E-state index < -0.39 is 47.8 Å². The molecule has 0 unspecified atom stereocenters. The number of rotatable bonds is 5. The molecule has 2 N–H and O–H groups in total. The zero-order valence-electron chi connectivity index (χ0n) is 14.0. The number of nitrogens with zero attached hydrogens (tertiary/aromatic N) is 1. The number of imide groups is 1. The maximum absolute atomic E-state index is 13.5. The monoisotopic (exact) mass is 351 g/mol. The number of esters is 1. The second-order valence-electron chi connectivity index (χ2n) is 6.05. The first-order valence-corrected chi connectivity index (χ1v) is 7.51. The van der Waals surface area contributed by atoms with Crippen LogP contribution in [0.4, 0.5) is 14.9 Å². The summed E-state index contributed by atoms with van der Waals surface area (Å²) < 4.78 is 18.4. The van der Waals surface area contributed by atoms with Gasteiger partial charge in [0.05, 0.1) is 5.69 Å². The van der Waals surface area contributed by atoms with Crippen LogP contribution in [0.15, 0.2) is 24.3 Å². The SMILES string of the molecule is C[C@@H](OC(=O)CN1C(=O)NC(C)(C)C1=O)C(=O)Nc1ccccc1F. The third kappa shape index (κ3) is 4.11. The van der Waals surface area contributed by atoms with E-state index >= 15 is 0 Å². The van der Waals surface area contributed by atoms with Crippen LogP contribution in [0, 0.1) is 5.82 Å². The van der Waals surface area contributed by atoms with E-state index in [1.807, 2.05) is 0 Å². The largest absolute Gasteiger partial charge is 0.451 e. The molecule has 0 bridgehead atoms. The lowest BCUT2D eigenvalue weighted by Crippen LogP contribution is -2.42. The number of hydrogen-bond acceptors (Lipinski definition) is 5. The molecule has 0 spiro atoms. The molecule has 1 aromatic rings. The molecule has 0 aromatic heterocycles. The minimum Gasteiger partial charge on any atom is -0.451 e. The number of para-hydroxylation sites is 1. The van der Waals surface area contributed by atoms with Gasteiger partial charge in [-0.1, -0.05) is 12.1 Å². The van der Waals surface area contributed by atoms with Gasteiger partial charge in [-0.3, -0.25) is 19.3 Å². The number of benzene rings is 1. The maximum Gasteiger partial charge on any atom is 0.327 e. The molecule has 134 valence electrons. The number of nitrogens with one attached hydrogen (secondary N) is 2. The van der Waals surface area contributed by atoms with Gasteiger partial charge < -0.3 is 15.4 Å². The van der Waals surface area contributed by atoms with Crippen molar-refractivity contribution in [2.24, 2.45) is 0 Å². The van der Waals surface area contributed by atoms with E-state index in [4.69, 9.17) is 4.74 Å². The van der Waals surface area contributed by atoms with Gasteiger partial charge in [0.2, 0.25) is 0 Å². The molecule has 25 heavy (non-hydrogen) atoms. The first kappa shape index (κ1) is 18.4. The van der Waals surface area contributed by atoms with Gasteiger partial charge in [-0.05, 0) is 32.9 Å². The second-order valence-corrected chi connectivity index (χ2v) is 6.05. The van der Waals surface area contributed by atoms with Crippen molar-refractivity contribution in [3.63, 3.8) is 0 Å². The van der Waals surface area contributed by atoms with Gasteiger partial charge in [-0.2, -0.15) is 0 Å². The minimum absolute atomic E-state index is 0.0498. The van der Waals surface area contributed by atoms with Crippen LogP contribution >= 0.6 is 0 Å². The molecule has 1 aliphatic heterocycles. The van der Waals surface area contributed by atoms with Crippen molar-refractivity contribution in [3.05, 3.63) is 30.1 Å². The summed E-state index contributed by atoms with van der Waals surface area (Å²) in [7, 11) is 0. The number of urea groups is 1. The fourth-order valence-corrected chi connectivity index (χ4v) is 2.18. The van der Waals surface area contributed by atoms with Crippen molar-refractivity contribution < 1.29 is 28.3 Å². The van der Waals surface area contributed by atoms with Gasteiger partial charge in [0.15, 0.2) is 6.10 Å². The number of anilines is 1. The second kappa shape index (κ2) is 6.88. The molecule has 0 aliphatic carbocycles. The Morgan fingerprint density at radius 1 is 1.32 bits per heavy atom. The Labute approximate surface area is 143 Å². The fourth-order valence-electron chi connectivity index (χ4n) is 2.18. The number of amides is 4. The van der Waals surface area contributed by atoms with Crippen molar-refractivity contribution in [1.29, 1.82) is 0 Å². The van der Waals surface area contributed by atoms with Crippen molar-refractivity contribution in [3.8, 4) is 0 Å². The van der Waals surface area contributed by atoms with Gasteiger partial charge in [0.25, 0.3) is 11.8 Å². The molecule has 1 fully saturated rings. The van der Waals surface area contributed by atoms with Crippen LogP contribution in [0.1, 0.15) is 20.8 Å². The Kier molecular flexibility index (Phi) is 5.05. The molecule has 1 atom stereocenters. The molecule has 1 aliphatic rings. The first-order valence-electron chi connectivity index (χ1n) is 7.51. The smallest absolute Gasteiger partial charge is 0.327 e. The van der Waals surface area contributed by atoms with E-state index in [1.165, 1.54) is 45.0 Å². The zero-order chi connectivity index (χ0) is 18.8. The normalized spacial score (nSPS) is 17.0. The van der Waals surface area contributed by atoms with Crippen LogP contribution in [-0.2, 0) is 19.1 Å². The Bertz CT molecular complexity index is 734. The van der Waals surface area contributed by atoms with Crippen LogP contribution in [0.25, 0.3) is 0 Å². The summed E-state index contributed by atoms with van der Waals surface area (Å²) in [5.74, 6) is -2.87. The molecule has 0 radical (unpaired) electrons. The topological polar surface area (TPSA) is 105 Å². The number of carbonyl (C=O) groups excluding carboxylic acids is 4. The Morgan fingerprint density at radius 2 is 1.96 bits per heavy atom. The third-order valence-electron chi connectivity index (χ3n) is 3.54. The van der Waals surface area contributed by atoms with Gasteiger partial charge in [-0.15, -0.1) is 0 Å². The van der Waals surface area contributed by atoms with E-state index in [1.54, 1.807) is 0 Å². The lowest BCUT2D eigenvalue weighted by molar-refractivity contribution is -0.155. The van der Waals surface area contributed by atoms with Crippen LogP contribution in [0.2, 0.25) is 0 Å². The zero-order valence-corrected chi connectivity index (χ0v) is 14.0. The summed E-state index contributed by atoms with van der Waals surface area (Å²) in [6.45, 7) is 3.68. The highest BCUT2D eigenvalue weighted by Crippen LogP contribution is 2.17. The Hall–Kier alpha value is -2.97. The standard InChI is InChI=1S/C16H18FN3O5/c1-9(13(22)18-11-7-5-4-6-10(11)17)25-12(21)8-20-14(23)16(2,3)19-15(20)24/h4-7,9H,8H2,1-3H3,(H,18,22)(H,19,24)/t9-/m1/s1. The molecular formula is C16H18FN3O5. The lowest BCUT2D eigenvalue weighted by Gasteiger charge is -2.17. The highest BCUT2D eigenvalue weighted by Gasteiger charge is 2.45. The highest BCUT2D eigenvalue weighted by molar-refractivity contribution is 6.08. The average Bonchev–Trinajstić information content (AvgIpc) is 2.71. The summed E-state index contributed by atoms with van der Waals surface area (Å²) in [6, 6.07) is 4.82. The van der Waals surface area contributed by atoms with E-state index in [-0.39, 0.29) is 5.69 Å². The predicted octanol–water partition coefficient (Wildman–Crippen LogP) is 1.03. The van der Waals surface area contributed by atoms with Crippen LogP contribution in [0.5, 0.6) is 0 Å². The molecule has 4 amide bonds. The molecule has 0 saturated carbocycles. The average molecular weight is 351 g/mol.